The fourth-order valence-electron chi connectivity index (χ4n) is 0.655. The summed E-state index contributed by atoms with van der Waals surface area (Å²) in [4.78, 5) is 37.7. The SMILES string of the molecule is CCOC(=O)/C(=N\OC)C(=O)C(=O)CBr. The quantitative estimate of drug-likeness (QED) is 0.172. The zero-order valence-corrected chi connectivity index (χ0v) is 9.87. The van der Waals surface area contributed by atoms with Gasteiger partial charge in [0.1, 0.15) is 7.11 Å². The van der Waals surface area contributed by atoms with Crippen molar-refractivity contribution in [3.8, 4) is 0 Å². The molecule has 0 fully saturated rings. The molecule has 0 saturated heterocycles. The van der Waals surface area contributed by atoms with Gasteiger partial charge in [-0.2, -0.15) is 0 Å². The van der Waals surface area contributed by atoms with Crippen LogP contribution >= 0.6 is 15.9 Å². The largest absolute Gasteiger partial charge is 0.461 e. The van der Waals surface area contributed by atoms with Crippen molar-refractivity contribution < 1.29 is 24.0 Å². The molecule has 0 rings (SSSR count). The summed E-state index contributed by atoms with van der Waals surface area (Å²) in [5, 5.41) is 2.98. The van der Waals surface area contributed by atoms with Crippen molar-refractivity contribution in [1.82, 2.24) is 0 Å². The number of Topliss-reactive ketones (excluding diaryl/α,β-unsaturated/α-hetero) is 2. The number of halogens is 1. The summed E-state index contributed by atoms with van der Waals surface area (Å²) in [5.41, 5.74) is -0.649. The number of nitrogens with zero attached hydrogens (tertiary/aromatic N) is 1. The fraction of sp³-hybridized carbons (Fsp3) is 0.500. The Labute approximate surface area is 94.7 Å². The van der Waals surface area contributed by atoms with E-state index in [0.717, 1.165) is 7.11 Å². The second-order valence-electron chi connectivity index (χ2n) is 2.23. The predicted octanol–water partition coefficient (Wildman–Crippen LogP) is 0.0850. The first kappa shape index (κ1) is 13.8. The molecule has 0 unspecified atom stereocenters. The number of carbonyl (C=O) groups is 3. The first-order valence-electron chi connectivity index (χ1n) is 4.00. The number of ketones is 2. The highest BCUT2D eigenvalue weighted by molar-refractivity contribution is 9.09. The van der Waals surface area contributed by atoms with Crippen LogP contribution in [0.15, 0.2) is 5.16 Å². The van der Waals surface area contributed by atoms with E-state index in [0.29, 0.717) is 0 Å². The second-order valence-corrected chi connectivity index (χ2v) is 2.79. The Morgan fingerprint density at radius 2 is 1.93 bits per heavy atom. The summed E-state index contributed by atoms with van der Waals surface area (Å²) in [6.07, 6.45) is 0. The molecule has 0 aliphatic heterocycles. The minimum absolute atomic E-state index is 0.0807. The summed E-state index contributed by atoms with van der Waals surface area (Å²) >= 11 is 2.80. The van der Waals surface area contributed by atoms with Crippen LogP contribution < -0.4 is 0 Å². The summed E-state index contributed by atoms with van der Waals surface area (Å²) in [5.74, 6) is -2.80. The van der Waals surface area contributed by atoms with Crippen LogP contribution in [-0.2, 0) is 24.0 Å². The van der Waals surface area contributed by atoms with Gasteiger partial charge in [-0.05, 0) is 6.92 Å². The average molecular weight is 280 g/mol. The summed E-state index contributed by atoms with van der Waals surface area (Å²) in [6, 6.07) is 0. The van der Waals surface area contributed by atoms with Crippen molar-refractivity contribution in [2.24, 2.45) is 5.16 Å². The number of oxime groups is 1. The Balaban J connectivity index is 4.83. The molecule has 0 aromatic rings. The molecule has 0 N–H and O–H groups in total. The van der Waals surface area contributed by atoms with Crippen LogP contribution in [-0.4, -0.2) is 42.3 Å². The van der Waals surface area contributed by atoms with E-state index in [2.05, 4.69) is 30.7 Å². The van der Waals surface area contributed by atoms with Gasteiger partial charge in [0.2, 0.25) is 11.5 Å². The van der Waals surface area contributed by atoms with Gasteiger partial charge in [0.25, 0.3) is 5.78 Å². The van der Waals surface area contributed by atoms with Crippen molar-refractivity contribution in [3.05, 3.63) is 0 Å². The van der Waals surface area contributed by atoms with Gasteiger partial charge in [0.05, 0.1) is 11.9 Å². The topological polar surface area (TPSA) is 82.0 Å². The van der Waals surface area contributed by atoms with Gasteiger partial charge in [-0.3, -0.25) is 9.59 Å². The van der Waals surface area contributed by atoms with E-state index >= 15 is 0 Å². The predicted molar refractivity (Wildman–Crippen MR) is 54.9 cm³/mol. The third-order valence-corrected chi connectivity index (χ3v) is 1.75. The minimum atomic E-state index is -1.04. The number of hydrogen-bond acceptors (Lipinski definition) is 6. The lowest BCUT2D eigenvalue weighted by Crippen LogP contribution is -2.33. The van der Waals surface area contributed by atoms with Gasteiger partial charge < -0.3 is 9.57 Å². The van der Waals surface area contributed by atoms with Crippen LogP contribution in [0.3, 0.4) is 0 Å². The van der Waals surface area contributed by atoms with E-state index in [9.17, 15) is 14.4 Å². The van der Waals surface area contributed by atoms with Gasteiger partial charge in [0, 0.05) is 0 Å². The molecule has 0 saturated carbocycles. The Hall–Kier alpha value is -1.24. The first-order valence-corrected chi connectivity index (χ1v) is 5.12. The third-order valence-electron chi connectivity index (χ3n) is 1.24. The lowest BCUT2D eigenvalue weighted by Gasteiger charge is -2.02. The Morgan fingerprint density at radius 1 is 1.33 bits per heavy atom. The molecule has 84 valence electrons. The third kappa shape index (κ3) is 4.20. The zero-order chi connectivity index (χ0) is 11.8. The molecule has 0 bridgehead atoms. The Morgan fingerprint density at radius 3 is 2.33 bits per heavy atom. The summed E-state index contributed by atoms with van der Waals surface area (Å²) in [6.45, 7) is 1.65. The fourth-order valence-corrected chi connectivity index (χ4v) is 0.910. The van der Waals surface area contributed by atoms with Gasteiger partial charge in [-0.1, -0.05) is 21.1 Å². The maximum absolute atomic E-state index is 11.3. The maximum Gasteiger partial charge on any atom is 0.364 e. The number of hydrogen-bond donors (Lipinski definition) is 0. The number of rotatable bonds is 6. The van der Waals surface area contributed by atoms with E-state index in [4.69, 9.17) is 0 Å². The van der Waals surface area contributed by atoms with Crippen LogP contribution in [0.1, 0.15) is 6.92 Å². The summed E-state index contributed by atoms with van der Waals surface area (Å²) < 4.78 is 4.53. The van der Waals surface area contributed by atoms with E-state index in [1.54, 1.807) is 6.92 Å². The molecular weight excluding hydrogens is 270 g/mol. The maximum atomic E-state index is 11.3. The van der Waals surface area contributed by atoms with Gasteiger partial charge in [-0.25, -0.2) is 4.79 Å². The van der Waals surface area contributed by atoms with Crippen LogP contribution in [0.25, 0.3) is 0 Å². The minimum Gasteiger partial charge on any atom is -0.461 e. The molecule has 0 amide bonds. The normalized spacial score (nSPS) is 10.7. The molecule has 0 aliphatic carbocycles. The van der Waals surface area contributed by atoms with Gasteiger partial charge >= 0.3 is 5.97 Å². The van der Waals surface area contributed by atoms with Crippen molar-refractivity contribution in [3.63, 3.8) is 0 Å². The van der Waals surface area contributed by atoms with E-state index in [1.807, 2.05) is 0 Å². The highest BCUT2D eigenvalue weighted by atomic mass is 79.9. The number of esters is 1. The zero-order valence-electron chi connectivity index (χ0n) is 8.28. The van der Waals surface area contributed by atoms with Crippen molar-refractivity contribution in [1.29, 1.82) is 0 Å². The molecule has 0 aromatic carbocycles. The molecule has 0 spiro atoms. The van der Waals surface area contributed by atoms with E-state index in [1.165, 1.54) is 0 Å². The van der Waals surface area contributed by atoms with Crippen LogP contribution in [0.4, 0.5) is 0 Å². The second kappa shape index (κ2) is 7.10. The standard InChI is InChI=1S/C8H10BrNO5/c1-3-15-8(13)6(10-14-2)7(12)5(11)4-9/h3-4H2,1-2H3/b10-6-. The molecule has 7 heteroatoms. The lowest BCUT2D eigenvalue weighted by atomic mass is 10.2. The molecule has 15 heavy (non-hydrogen) atoms. The monoisotopic (exact) mass is 279 g/mol. The van der Waals surface area contributed by atoms with Crippen molar-refractivity contribution in [2.75, 3.05) is 19.0 Å². The van der Waals surface area contributed by atoms with Gasteiger partial charge in [0.15, 0.2) is 0 Å². The molecular formula is C8H10BrNO5. The molecule has 0 aliphatic rings. The average Bonchev–Trinajstić information content (AvgIpc) is 2.24. The number of carbonyl (C=O) groups excluding carboxylic acids is 3. The highest BCUT2D eigenvalue weighted by Crippen LogP contribution is 1.93. The van der Waals surface area contributed by atoms with Crippen molar-refractivity contribution in [2.45, 2.75) is 6.92 Å². The number of alkyl halides is 1. The molecule has 0 atom stereocenters. The smallest absolute Gasteiger partial charge is 0.364 e. The van der Waals surface area contributed by atoms with E-state index in [-0.39, 0.29) is 11.9 Å². The summed E-state index contributed by atoms with van der Waals surface area (Å²) in [7, 11) is 1.16. The molecule has 6 nitrogen and oxygen atoms in total. The van der Waals surface area contributed by atoms with Crippen LogP contribution in [0.2, 0.25) is 0 Å². The van der Waals surface area contributed by atoms with Crippen molar-refractivity contribution >= 4 is 39.2 Å². The first-order chi connectivity index (χ1) is 7.08. The highest BCUT2D eigenvalue weighted by Gasteiger charge is 2.27. The molecule has 0 aromatic heterocycles. The Kier molecular flexibility index (Phi) is 6.52. The Bertz CT molecular complexity index is 299. The van der Waals surface area contributed by atoms with Crippen LogP contribution in [0, 0.1) is 0 Å². The molecule has 0 heterocycles. The van der Waals surface area contributed by atoms with E-state index < -0.39 is 23.2 Å². The van der Waals surface area contributed by atoms with Gasteiger partial charge in [-0.15, -0.1) is 0 Å². The lowest BCUT2D eigenvalue weighted by molar-refractivity contribution is -0.138. The molecule has 0 radical (unpaired) electrons. The number of ether oxygens (including phenoxy) is 1. The van der Waals surface area contributed by atoms with Crippen LogP contribution in [0.5, 0.6) is 0 Å².